The number of hydrogen-bond donors (Lipinski definition) is 2. The summed E-state index contributed by atoms with van der Waals surface area (Å²) in [4.78, 5) is 14.2. The maximum atomic E-state index is 11.9. The Morgan fingerprint density at radius 3 is 2.65 bits per heavy atom. The molecule has 1 saturated carbocycles. The highest BCUT2D eigenvalue weighted by molar-refractivity contribution is 5.85. The third-order valence-corrected chi connectivity index (χ3v) is 3.84. The van der Waals surface area contributed by atoms with Crippen molar-refractivity contribution in [1.29, 1.82) is 0 Å². The molecule has 0 aromatic rings. The first kappa shape index (κ1) is 14.7. The molecule has 3 N–H and O–H groups in total. The van der Waals surface area contributed by atoms with Gasteiger partial charge < -0.3 is 11.1 Å². The van der Waals surface area contributed by atoms with Gasteiger partial charge in [-0.2, -0.15) is 0 Å². The molecule has 3 atom stereocenters. The minimum absolute atomic E-state index is 0. The second-order valence-electron chi connectivity index (χ2n) is 5.34. The zero-order valence-corrected chi connectivity index (χ0v) is 11.5. The Morgan fingerprint density at radius 1 is 1.53 bits per heavy atom. The third-order valence-electron chi connectivity index (χ3n) is 3.84. The first-order valence-electron chi connectivity index (χ1n) is 6.38. The summed E-state index contributed by atoms with van der Waals surface area (Å²) in [6.45, 7) is 5.90. The largest absolute Gasteiger partial charge is 0.352 e. The van der Waals surface area contributed by atoms with Gasteiger partial charge in [-0.3, -0.25) is 9.69 Å². The smallest absolute Gasteiger partial charge is 0.237 e. The van der Waals surface area contributed by atoms with E-state index in [1.807, 2.05) is 6.92 Å². The van der Waals surface area contributed by atoms with Crippen LogP contribution in [0.4, 0.5) is 0 Å². The molecule has 5 heteroatoms. The van der Waals surface area contributed by atoms with Crippen molar-refractivity contribution in [1.82, 2.24) is 10.2 Å². The van der Waals surface area contributed by atoms with E-state index >= 15 is 0 Å². The molecule has 2 aliphatic rings. The van der Waals surface area contributed by atoms with Crippen molar-refractivity contribution in [2.75, 3.05) is 13.1 Å². The van der Waals surface area contributed by atoms with Gasteiger partial charge >= 0.3 is 0 Å². The van der Waals surface area contributed by atoms with Gasteiger partial charge in [-0.1, -0.05) is 0 Å². The summed E-state index contributed by atoms with van der Waals surface area (Å²) in [6, 6.07) is 0.929. The molecule has 1 saturated heterocycles. The second kappa shape index (κ2) is 6.03. The van der Waals surface area contributed by atoms with E-state index in [1.54, 1.807) is 0 Å². The summed E-state index contributed by atoms with van der Waals surface area (Å²) in [5, 5.41) is 3.07. The van der Waals surface area contributed by atoms with Gasteiger partial charge in [0.2, 0.25) is 5.91 Å². The van der Waals surface area contributed by atoms with Crippen molar-refractivity contribution in [2.45, 2.75) is 51.2 Å². The van der Waals surface area contributed by atoms with Crippen molar-refractivity contribution in [3.05, 3.63) is 0 Å². The second-order valence-corrected chi connectivity index (χ2v) is 5.34. The van der Waals surface area contributed by atoms with Crippen LogP contribution in [0.1, 0.15) is 33.1 Å². The summed E-state index contributed by atoms with van der Waals surface area (Å²) in [5.74, 6) is 0.748. The number of nitrogens with two attached hydrogens (primary N) is 1. The highest BCUT2D eigenvalue weighted by atomic mass is 35.5. The number of carbonyl (C=O) groups excluding carboxylic acids is 1. The molecule has 0 aromatic carbocycles. The van der Waals surface area contributed by atoms with E-state index in [-0.39, 0.29) is 24.4 Å². The van der Waals surface area contributed by atoms with Gasteiger partial charge in [0.25, 0.3) is 0 Å². The Kier molecular flexibility index (Phi) is 5.22. The molecule has 1 aliphatic heterocycles. The molecule has 1 heterocycles. The van der Waals surface area contributed by atoms with Crippen molar-refractivity contribution in [3.8, 4) is 0 Å². The number of nitrogens with zero attached hydrogens (tertiary/aromatic N) is 1. The number of hydrogen-bond acceptors (Lipinski definition) is 3. The molecule has 1 amide bonds. The van der Waals surface area contributed by atoms with Gasteiger partial charge in [0.15, 0.2) is 0 Å². The van der Waals surface area contributed by atoms with Crippen LogP contribution in [-0.2, 0) is 4.79 Å². The number of rotatable bonds is 4. The van der Waals surface area contributed by atoms with Crippen molar-refractivity contribution in [3.63, 3.8) is 0 Å². The molecule has 4 nitrogen and oxygen atoms in total. The molecule has 0 bridgehead atoms. The summed E-state index contributed by atoms with van der Waals surface area (Å²) >= 11 is 0. The average molecular weight is 262 g/mol. The van der Waals surface area contributed by atoms with Crippen LogP contribution in [-0.4, -0.2) is 42.0 Å². The predicted octanol–water partition coefficient (Wildman–Crippen LogP) is 0.744. The lowest BCUT2D eigenvalue weighted by Gasteiger charge is -2.27. The fourth-order valence-electron chi connectivity index (χ4n) is 2.58. The normalized spacial score (nSPS) is 30.8. The molecule has 0 aromatic heterocycles. The van der Waals surface area contributed by atoms with Crippen LogP contribution < -0.4 is 11.1 Å². The Labute approximate surface area is 110 Å². The van der Waals surface area contributed by atoms with Gasteiger partial charge in [-0.25, -0.2) is 0 Å². The lowest BCUT2D eigenvalue weighted by atomic mass is 10.1. The topological polar surface area (TPSA) is 58.4 Å². The summed E-state index contributed by atoms with van der Waals surface area (Å²) in [6.07, 6.45) is 3.43. The highest BCUT2D eigenvalue weighted by Gasteiger charge is 2.35. The maximum absolute atomic E-state index is 11.9. The molecule has 2 rings (SSSR count). The van der Waals surface area contributed by atoms with E-state index in [1.165, 1.54) is 0 Å². The van der Waals surface area contributed by atoms with Gasteiger partial charge in [-0.15, -0.1) is 12.4 Å². The molecule has 17 heavy (non-hydrogen) atoms. The van der Waals surface area contributed by atoms with Crippen LogP contribution in [0.2, 0.25) is 0 Å². The third kappa shape index (κ3) is 3.57. The standard InChI is InChI=1S/C12H23N3O.ClH/c1-8-5-10(6-13)7-15(8)9(2)12(16)14-11-3-4-11;/h8-11H,3-7,13H2,1-2H3,(H,14,16);1H. The zero-order valence-electron chi connectivity index (χ0n) is 10.7. The SMILES string of the molecule is CC1CC(CN)CN1C(C)C(=O)NC1CC1.Cl. The Bertz CT molecular complexity index is 270. The average Bonchev–Trinajstić information content (AvgIpc) is 2.99. The fourth-order valence-corrected chi connectivity index (χ4v) is 2.58. The van der Waals surface area contributed by atoms with Crippen LogP contribution in [0.25, 0.3) is 0 Å². The summed E-state index contributed by atoms with van der Waals surface area (Å²) in [5.41, 5.74) is 5.70. The monoisotopic (exact) mass is 261 g/mol. The van der Waals surface area contributed by atoms with Crippen LogP contribution >= 0.6 is 12.4 Å². The molecule has 0 spiro atoms. The van der Waals surface area contributed by atoms with E-state index in [0.717, 1.165) is 32.4 Å². The number of carbonyl (C=O) groups is 1. The van der Waals surface area contributed by atoms with Gasteiger partial charge in [-0.05, 0) is 45.6 Å². The number of amides is 1. The van der Waals surface area contributed by atoms with E-state index in [0.29, 0.717) is 18.0 Å². The van der Waals surface area contributed by atoms with Crippen molar-refractivity contribution in [2.24, 2.45) is 11.7 Å². The molecule has 0 radical (unpaired) electrons. The van der Waals surface area contributed by atoms with Crippen LogP contribution in [0.15, 0.2) is 0 Å². The molecule has 2 fully saturated rings. The van der Waals surface area contributed by atoms with Crippen LogP contribution in [0, 0.1) is 5.92 Å². The fraction of sp³-hybridized carbons (Fsp3) is 0.917. The molecular weight excluding hydrogens is 238 g/mol. The van der Waals surface area contributed by atoms with E-state index in [2.05, 4.69) is 17.1 Å². The van der Waals surface area contributed by atoms with Crippen LogP contribution in [0.3, 0.4) is 0 Å². The first-order chi connectivity index (χ1) is 7.61. The Morgan fingerprint density at radius 2 is 2.18 bits per heavy atom. The van der Waals surface area contributed by atoms with E-state index in [9.17, 15) is 4.79 Å². The maximum Gasteiger partial charge on any atom is 0.237 e. The van der Waals surface area contributed by atoms with E-state index in [4.69, 9.17) is 5.73 Å². The Balaban J connectivity index is 0.00000144. The van der Waals surface area contributed by atoms with Gasteiger partial charge in [0.05, 0.1) is 6.04 Å². The zero-order chi connectivity index (χ0) is 11.7. The molecule has 1 aliphatic carbocycles. The van der Waals surface area contributed by atoms with Gasteiger partial charge in [0.1, 0.15) is 0 Å². The predicted molar refractivity (Wildman–Crippen MR) is 71.2 cm³/mol. The number of nitrogens with one attached hydrogen (secondary N) is 1. The number of halogens is 1. The molecular formula is C12H24ClN3O. The van der Waals surface area contributed by atoms with Crippen molar-refractivity contribution >= 4 is 18.3 Å². The van der Waals surface area contributed by atoms with Gasteiger partial charge in [0, 0.05) is 18.6 Å². The minimum atomic E-state index is -0.00727. The van der Waals surface area contributed by atoms with Crippen LogP contribution in [0.5, 0.6) is 0 Å². The lowest BCUT2D eigenvalue weighted by molar-refractivity contribution is -0.126. The quantitative estimate of drug-likeness (QED) is 0.785. The number of likely N-dealkylation sites (tertiary alicyclic amines) is 1. The lowest BCUT2D eigenvalue weighted by Crippen LogP contribution is -2.47. The van der Waals surface area contributed by atoms with Crippen molar-refractivity contribution < 1.29 is 4.79 Å². The summed E-state index contributed by atoms with van der Waals surface area (Å²) < 4.78 is 0. The summed E-state index contributed by atoms with van der Waals surface area (Å²) in [7, 11) is 0. The Hall–Kier alpha value is -0.320. The minimum Gasteiger partial charge on any atom is -0.352 e. The molecule has 3 unspecified atom stereocenters. The first-order valence-corrected chi connectivity index (χ1v) is 6.38. The van der Waals surface area contributed by atoms with E-state index < -0.39 is 0 Å². The molecule has 100 valence electrons. The highest BCUT2D eigenvalue weighted by Crippen LogP contribution is 2.25.